The summed E-state index contributed by atoms with van der Waals surface area (Å²) in [5.74, 6) is 0. The van der Waals surface area contributed by atoms with E-state index in [-0.39, 0.29) is 0 Å². The van der Waals surface area contributed by atoms with Crippen molar-refractivity contribution >= 4 is 76.3 Å². The summed E-state index contributed by atoms with van der Waals surface area (Å²) < 4.78 is 11.9. The van der Waals surface area contributed by atoms with E-state index in [2.05, 4.69) is 167 Å². The van der Waals surface area contributed by atoms with E-state index in [1.165, 1.54) is 54.8 Å². The van der Waals surface area contributed by atoms with Crippen LogP contribution in [0.15, 0.2) is 162 Å². The highest BCUT2D eigenvalue weighted by atomic mass is 16.3. The van der Waals surface area contributed by atoms with Crippen LogP contribution in [0.1, 0.15) is 0 Å². The van der Waals surface area contributed by atoms with Gasteiger partial charge in [-0.05, 0) is 93.7 Å². The lowest BCUT2D eigenvalue weighted by Gasteiger charge is -2.12. The normalized spacial score (nSPS) is 12.5. The number of benzene rings is 8. The molecule has 3 aromatic heterocycles. The van der Waals surface area contributed by atoms with Crippen LogP contribution >= 0.6 is 0 Å². The zero-order valence-corrected chi connectivity index (χ0v) is 26.3. The molecule has 0 saturated heterocycles. The lowest BCUT2D eigenvalue weighted by Crippen LogP contribution is -1.94. The van der Waals surface area contributed by atoms with E-state index >= 15 is 0 Å². The minimum atomic E-state index is 0.935. The third kappa shape index (κ3) is 3.17. The molecule has 3 nitrogen and oxygen atoms in total. The van der Waals surface area contributed by atoms with Crippen molar-refractivity contribution in [3.63, 3.8) is 0 Å². The van der Waals surface area contributed by atoms with E-state index in [0.29, 0.717) is 0 Å². The zero-order chi connectivity index (χ0) is 31.8. The van der Waals surface area contributed by atoms with Crippen molar-refractivity contribution in [1.29, 1.82) is 0 Å². The van der Waals surface area contributed by atoms with Gasteiger partial charge in [0.05, 0.1) is 32.8 Å². The van der Waals surface area contributed by atoms with Crippen LogP contribution < -0.4 is 0 Å². The van der Waals surface area contributed by atoms with Crippen molar-refractivity contribution in [1.82, 2.24) is 9.13 Å². The molecule has 1 aliphatic rings. The Balaban J connectivity index is 1.19. The predicted octanol–water partition coefficient (Wildman–Crippen LogP) is 12.6. The first-order chi connectivity index (χ1) is 24.3. The lowest BCUT2D eigenvalue weighted by molar-refractivity contribution is 0.677. The van der Waals surface area contributed by atoms with Crippen LogP contribution in [0.3, 0.4) is 0 Å². The second kappa shape index (κ2) is 9.06. The molecule has 0 N–H and O–H groups in total. The van der Waals surface area contributed by atoms with Gasteiger partial charge in [-0.25, -0.2) is 0 Å². The molecule has 11 aromatic rings. The van der Waals surface area contributed by atoms with Crippen molar-refractivity contribution in [2.45, 2.75) is 0 Å². The Morgan fingerprint density at radius 2 is 0.878 bits per heavy atom. The number of aromatic nitrogens is 2. The van der Waals surface area contributed by atoms with Crippen LogP contribution in [0, 0.1) is 0 Å². The Hall–Kier alpha value is -6.58. The van der Waals surface area contributed by atoms with Gasteiger partial charge in [0, 0.05) is 32.9 Å². The van der Waals surface area contributed by atoms with Crippen LogP contribution in [0.25, 0.3) is 110 Å². The number of para-hydroxylation sites is 3. The van der Waals surface area contributed by atoms with Crippen LogP contribution in [0.2, 0.25) is 0 Å². The van der Waals surface area contributed by atoms with Crippen molar-refractivity contribution in [2.75, 3.05) is 0 Å². The number of fused-ring (bicyclic) bond motifs is 14. The van der Waals surface area contributed by atoms with Gasteiger partial charge in [-0.15, -0.1) is 0 Å². The summed E-state index contributed by atoms with van der Waals surface area (Å²) in [7, 11) is 0. The average molecular weight is 623 g/mol. The summed E-state index contributed by atoms with van der Waals surface area (Å²) >= 11 is 0. The third-order valence-electron chi connectivity index (χ3n) is 10.8. The molecule has 0 spiro atoms. The quantitative estimate of drug-likeness (QED) is 0.188. The molecule has 0 bridgehead atoms. The molecule has 0 amide bonds. The first-order valence-corrected chi connectivity index (χ1v) is 16.9. The van der Waals surface area contributed by atoms with Gasteiger partial charge in [0.2, 0.25) is 0 Å². The molecule has 226 valence electrons. The molecule has 1 aliphatic carbocycles. The largest absolute Gasteiger partial charge is 0.455 e. The number of furan rings is 1. The molecular formula is C46H26N2O. The summed E-state index contributed by atoms with van der Waals surface area (Å²) in [5, 5.41) is 9.56. The highest BCUT2D eigenvalue weighted by Gasteiger charge is 2.25. The molecule has 0 saturated carbocycles. The minimum Gasteiger partial charge on any atom is -0.455 e. The molecule has 8 aromatic carbocycles. The molecule has 0 unspecified atom stereocenters. The van der Waals surface area contributed by atoms with Gasteiger partial charge >= 0.3 is 0 Å². The second-order valence-corrected chi connectivity index (χ2v) is 13.3. The first kappa shape index (κ1) is 25.5. The number of hydrogen-bond acceptors (Lipinski definition) is 1. The first-order valence-electron chi connectivity index (χ1n) is 16.9. The van der Waals surface area contributed by atoms with Gasteiger partial charge in [-0.3, -0.25) is 0 Å². The van der Waals surface area contributed by atoms with Crippen molar-refractivity contribution < 1.29 is 4.42 Å². The fourth-order valence-corrected chi connectivity index (χ4v) is 8.86. The van der Waals surface area contributed by atoms with E-state index in [4.69, 9.17) is 4.42 Å². The highest BCUT2D eigenvalue weighted by Crippen LogP contribution is 2.49. The van der Waals surface area contributed by atoms with Gasteiger partial charge in [0.1, 0.15) is 11.2 Å². The van der Waals surface area contributed by atoms with E-state index in [1.807, 2.05) is 0 Å². The smallest absolute Gasteiger partial charge is 0.145 e. The third-order valence-corrected chi connectivity index (χ3v) is 10.8. The summed E-state index contributed by atoms with van der Waals surface area (Å²) in [5.41, 5.74) is 14.0. The SMILES string of the molecule is c1ccc(-n2c3ccccc3c3c4oc5c(ccc6c5c5ccccc5n6-c5cc6c7c(cccc7c5)-c5ccccc5-6)c4ccc32)cc1. The maximum absolute atomic E-state index is 7.14. The molecule has 0 radical (unpaired) electrons. The summed E-state index contributed by atoms with van der Waals surface area (Å²) in [6.45, 7) is 0. The molecule has 3 heteroatoms. The molecule has 12 rings (SSSR count). The fraction of sp³-hybridized carbons (Fsp3) is 0. The molecule has 0 aliphatic heterocycles. The fourth-order valence-electron chi connectivity index (χ4n) is 8.86. The predicted molar refractivity (Wildman–Crippen MR) is 204 cm³/mol. The van der Waals surface area contributed by atoms with Crippen molar-refractivity contribution in [2.24, 2.45) is 0 Å². The summed E-state index contributed by atoms with van der Waals surface area (Å²) in [6, 6.07) is 57.3. The molecule has 0 fully saturated rings. The van der Waals surface area contributed by atoms with Crippen molar-refractivity contribution in [3.05, 3.63) is 158 Å². The second-order valence-electron chi connectivity index (χ2n) is 13.3. The van der Waals surface area contributed by atoms with Crippen molar-refractivity contribution in [3.8, 4) is 33.6 Å². The molecule has 3 heterocycles. The molecular weight excluding hydrogens is 597 g/mol. The van der Waals surface area contributed by atoms with Gasteiger partial charge in [-0.1, -0.05) is 97.1 Å². The van der Waals surface area contributed by atoms with Gasteiger partial charge in [0.25, 0.3) is 0 Å². The summed E-state index contributed by atoms with van der Waals surface area (Å²) in [6.07, 6.45) is 0. The average Bonchev–Trinajstić information content (AvgIpc) is 3.89. The number of hydrogen-bond donors (Lipinski definition) is 0. The number of rotatable bonds is 2. The highest BCUT2D eigenvalue weighted by molar-refractivity contribution is 6.29. The topological polar surface area (TPSA) is 23.0 Å². The van der Waals surface area contributed by atoms with Crippen LogP contribution in [-0.2, 0) is 0 Å². The number of nitrogens with zero attached hydrogens (tertiary/aromatic N) is 2. The van der Waals surface area contributed by atoms with Gasteiger partial charge < -0.3 is 13.6 Å². The Kier molecular flexibility index (Phi) is 4.72. The Bertz CT molecular complexity index is 3210. The lowest BCUT2D eigenvalue weighted by atomic mass is 10.0. The summed E-state index contributed by atoms with van der Waals surface area (Å²) in [4.78, 5) is 0. The van der Waals surface area contributed by atoms with Crippen LogP contribution in [-0.4, -0.2) is 9.13 Å². The Morgan fingerprint density at radius 1 is 0.327 bits per heavy atom. The monoisotopic (exact) mass is 622 g/mol. The Labute approximate surface area is 280 Å². The van der Waals surface area contributed by atoms with Crippen LogP contribution in [0.4, 0.5) is 0 Å². The van der Waals surface area contributed by atoms with E-state index in [0.717, 1.165) is 55.1 Å². The molecule has 0 atom stereocenters. The van der Waals surface area contributed by atoms with Gasteiger partial charge in [-0.2, -0.15) is 0 Å². The van der Waals surface area contributed by atoms with Crippen LogP contribution in [0.5, 0.6) is 0 Å². The maximum atomic E-state index is 7.14. The molecule has 49 heavy (non-hydrogen) atoms. The van der Waals surface area contributed by atoms with E-state index < -0.39 is 0 Å². The minimum absolute atomic E-state index is 0.935. The van der Waals surface area contributed by atoms with Gasteiger partial charge in [0.15, 0.2) is 0 Å². The zero-order valence-electron chi connectivity index (χ0n) is 26.3. The van der Waals surface area contributed by atoms with E-state index in [9.17, 15) is 0 Å². The Morgan fingerprint density at radius 3 is 1.55 bits per heavy atom. The maximum Gasteiger partial charge on any atom is 0.145 e. The van der Waals surface area contributed by atoms with E-state index in [1.54, 1.807) is 0 Å². The standard InChI is InChI=1S/C46H26N2O/c1-2-12-28(13-3-1)47-38-19-8-6-16-35(38)43-40(47)23-21-33-34-22-24-41-44(46(34)49-45(33)43)36-17-7-9-20-39(36)48(41)29-25-27-11-10-18-32-30-14-4-5-15-31(30)37(26-29)42(27)32/h1-26H.